The van der Waals surface area contributed by atoms with Crippen molar-refractivity contribution in [1.29, 1.82) is 0 Å². The summed E-state index contributed by atoms with van der Waals surface area (Å²) in [4.78, 5) is 0. The van der Waals surface area contributed by atoms with Crippen molar-refractivity contribution in [1.82, 2.24) is 5.32 Å². The van der Waals surface area contributed by atoms with E-state index in [1.807, 2.05) is 12.1 Å². The lowest BCUT2D eigenvalue weighted by Gasteiger charge is -2.15. The fourth-order valence-electron chi connectivity index (χ4n) is 1.67. The van der Waals surface area contributed by atoms with Crippen molar-refractivity contribution in [2.45, 2.75) is 39.8 Å². The Kier molecular flexibility index (Phi) is 8.54. The molecule has 1 aromatic carbocycles. The van der Waals surface area contributed by atoms with Crippen LogP contribution in [0, 0.1) is 0 Å². The standard InChI is InChI=1S/C16H27NO2S/c1-5-8-18-15-7-6-14(12-17-13(2)3)16(11-15)19-9-10-20-4/h6-7,11,13,17H,5,8-10,12H2,1-4H3. The fraction of sp³-hybridized carbons (Fsp3) is 0.625. The summed E-state index contributed by atoms with van der Waals surface area (Å²) in [6.07, 6.45) is 3.10. The van der Waals surface area contributed by atoms with Gasteiger partial charge in [0.2, 0.25) is 0 Å². The fourth-order valence-corrected chi connectivity index (χ4v) is 1.92. The van der Waals surface area contributed by atoms with Crippen molar-refractivity contribution in [2.24, 2.45) is 0 Å². The lowest BCUT2D eigenvalue weighted by molar-refractivity contribution is 0.308. The smallest absolute Gasteiger partial charge is 0.127 e. The van der Waals surface area contributed by atoms with Crippen LogP contribution in [0.3, 0.4) is 0 Å². The molecule has 0 saturated carbocycles. The molecule has 0 unspecified atom stereocenters. The lowest BCUT2D eigenvalue weighted by atomic mass is 10.2. The molecule has 0 radical (unpaired) electrons. The summed E-state index contributed by atoms with van der Waals surface area (Å²) in [6.45, 7) is 8.69. The predicted molar refractivity (Wildman–Crippen MR) is 88.1 cm³/mol. The minimum atomic E-state index is 0.463. The van der Waals surface area contributed by atoms with Crippen LogP contribution in [0.4, 0.5) is 0 Å². The van der Waals surface area contributed by atoms with E-state index in [0.717, 1.165) is 43.4 Å². The van der Waals surface area contributed by atoms with Crippen LogP contribution in [-0.2, 0) is 6.54 Å². The van der Waals surface area contributed by atoms with E-state index in [2.05, 4.69) is 38.4 Å². The second kappa shape index (κ2) is 9.94. The van der Waals surface area contributed by atoms with Crippen LogP contribution in [0.25, 0.3) is 0 Å². The largest absolute Gasteiger partial charge is 0.493 e. The van der Waals surface area contributed by atoms with Gasteiger partial charge in [-0.25, -0.2) is 0 Å². The first-order valence-corrected chi connectivity index (χ1v) is 8.67. The van der Waals surface area contributed by atoms with Gasteiger partial charge in [-0.3, -0.25) is 0 Å². The van der Waals surface area contributed by atoms with Gasteiger partial charge in [-0.2, -0.15) is 11.8 Å². The summed E-state index contributed by atoms with van der Waals surface area (Å²) in [5.74, 6) is 2.82. The summed E-state index contributed by atoms with van der Waals surface area (Å²) >= 11 is 1.79. The highest BCUT2D eigenvalue weighted by atomic mass is 32.2. The minimum Gasteiger partial charge on any atom is -0.493 e. The highest BCUT2D eigenvalue weighted by molar-refractivity contribution is 7.98. The normalized spacial score (nSPS) is 10.8. The van der Waals surface area contributed by atoms with Crippen molar-refractivity contribution < 1.29 is 9.47 Å². The molecular formula is C16H27NO2S. The van der Waals surface area contributed by atoms with Crippen LogP contribution in [-0.4, -0.2) is 31.3 Å². The first-order valence-electron chi connectivity index (χ1n) is 7.28. The Morgan fingerprint density at radius 3 is 2.65 bits per heavy atom. The molecule has 0 aliphatic heterocycles. The van der Waals surface area contributed by atoms with Crippen LogP contribution in [0.5, 0.6) is 11.5 Å². The Hall–Kier alpha value is -0.870. The maximum Gasteiger partial charge on any atom is 0.127 e. The van der Waals surface area contributed by atoms with Crippen LogP contribution in [0.1, 0.15) is 32.8 Å². The van der Waals surface area contributed by atoms with Gasteiger partial charge in [-0.05, 0) is 18.7 Å². The van der Waals surface area contributed by atoms with Crippen LogP contribution in [0.15, 0.2) is 18.2 Å². The molecule has 3 nitrogen and oxygen atoms in total. The van der Waals surface area contributed by atoms with Gasteiger partial charge in [-0.15, -0.1) is 0 Å². The van der Waals surface area contributed by atoms with E-state index in [-0.39, 0.29) is 0 Å². The number of benzene rings is 1. The monoisotopic (exact) mass is 297 g/mol. The second-order valence-corrected chi connectivity index (χ2v) is 5.98. The highest BCUT2D eigenvalue weighted by Crippen LogP contribution is 2.25. The van der Waals surface area contributed by atoms with Gasteiger partial charge in [0, 0.05) is 30.0 Å². The predicted octanol–water partition coefficient (Wildman–Crippen LogP) is 3.72. The summed E-state index contributed by atoms with van der Waals surface area (Å²) in [5, 5.41) is 3.43. The molecule has 0 aromatic heterocycles. The van der Waals surface area contributed by atoms with Gasteiger partial charge in [-0.1, -0.05) is 26.8 Å². The number of rotatable bonds is 10. The average Bonchev–Trinajstić information content (AvgIpc) is 2.44. The summed E-state index contributed by atoms with van der Waals surface area (Å²) in [5.41, 5.74) is 1.18. The van der Waals surface area contributed by atoms with Gasteiger partial charge < -0.3 is 14.8 Å². The number of nitrogens with one attached hydrogen (secondary N) is 1. The Bertz CT molecular complexity index is 383. The molecule has 20 heavy (non-hydrogen) atoms. The average molecular weight is 297 g/mol. The van der Waals surface area contributed by atoms with Gasteiger partial charge in [0.25, 0.3) is 0 Å². The summed E-state index contributed by atoms with van der Waals surface area (Å²) in [7, 11) is 0. The van der Waals surface area contributed by atoms with Crippen molar-refractivity contribution in [3.63, 3.8) is 0 Å². The highest BCUT2D eigenvalue weighted by Gasteiger charge is 2.07. The Balaban J connectivity index is 2.73. The van der Waals surface area contributed by atoms with Gasteiger partial charge in [0.1, 0.15) is 11.5 Å². The summed E-state index contributed by atoms with van der Waals surface area (Å²) in [6, 6.07) is 6.58. The zero-order chi connectivity index (χ0) is 14.8. The molecule has 1 N–H and O–H groups in total. The zero-order valence-corrected chi connectivity index (χ0v) is 13.9. The van der Waals surface area contributed by atoms with Gasteiger partial charge >= 0.3 is 0 Å². The Morgan fingerprint density at radius 2 is 2.00 bits per heavy atom. The maximum absolute atomic E-state index is 5.89. The van der Waals surface area contributed by atoms with Crippen molar-refractivity contribution in [3.8, 4) is 11.5 Å². The number of hydrogen-bond acceptors (Lipinski definition) is 4. The quantitative estimate of drug-likeness (QED) is 0.667. The zero-order valence-electron chi connectivity index (χ0n) is 13.1. The van der Waals surface area contributed by atoms with Crippen molar-refractivity contribution in [2.75, 3.05) is 25.2 Å². The molecule has 1 aromatic rings. The van der Waals surface area contributed by atoms with E-state index in [1.54, 1.807) is 11.8 Å². The third-order valence-corrected chi connectivity index (χ3v) is 3.33. The lowest BCUT2D eigenvalue weighted by Crippen LogP contribution is -2.22. The molecule has 0 aliphatic carbocycles. The van der Waals surface area contributed by atoms with Crippen LogP contribution >= 0.6 is 11.8 Å². The van der Waals surface area contributed by atoms with E-state index in [9.17, 15) is 0 Å². The van der Waals surface area contributed by atoms with Crippen molar-refractivity contribution in [3.05, 3.63) is 23.8 Å². The molecule has 0 aliphatic rings. The SMILES string of the molecule is CCCOc1ccc(CNC(C)C)c(OCCSC)c1. The molecule has 0 bridgehead atoms. The maximum atomic E-state index is 5.89. The Labute approximate surface area is 127 Å². The van der Waals surface area contributed by atoms with Gasteiger partial charge in [0.05, 0.1) is 13.2 Å². The molecule has 1 rings (SSSR count). The van der Waals surface area contributed by atoms with E-state index >= 15 is 0 Å². The van der Waals surface area contributed by atoms with Crippen LogP contribution in [0.2, 0.25) is 0 Å². The molecule has 0 amide bonds. The molecular weight excluding hydrogens is 270 g/mol. The van der Waals surface area contributed by atoms with E-state index < -0.39 is 0 Å². The molecule has 0 atom stereocenters. The van der Waals surface area contributed by atoms with E-state index in [0.29, 0.717) is 6.04 Å². The number of thioether (sulfide) groups is 1. The molecule has 0 heterocycles. The molecule has 114 valence electrons. The van der Waals surface area contributed by atoms with Gasteiger partial charge in [0.15, 0.2) is 0 Å². The Morgan fingerprint density at radius 1 is 1.20 bits per heavy atom. The topological polar surface area (TPSA) is 30.5 Å². The summed E-state index contributed by atoms with van der Waals surface area (Å²) < 4.78 is 11.6. The number of hydrogen-bond donors (Lipinski definition) is 1. The third-order valence-electron chi connectivity index (χ3n) is 2.76. The van der Waals surface area contributed by atoms with Crippen LogP contribution < -0.4 is 14.8 Å². The van der Waals surface area contributed by atoms with E-state index in [1.165, 1.54) is 5.56 Å². The molecule has 0 fully saturated rings. The first kappa shape index (κ1) is 17.2. The van der Waals surface area contributed by atoms with Crippen molar-refractivity contribution >= 4 is 11.8 Å². The number of ether oxygens (including phenoxy) is 2. The minimum absolute atomic E-state index is 0.463. The third kappa shape index (κ3) is 6.53. The molecule has 4 heteroatoms. The first-order chi connectivity index (χ1) is 9.67. The van der Waals surface area contributed by atoms with E-state index in [4.69, 9.17) is 9.47 Å². The molecule has 0 saturated heterocycles. The second-order valence-electron chi connectivity index (χ2n) is 4.99. The molecule has 0 spiro atoms.